The molecule has 2 heterocycles. The van der Waals surface area contributed by atoms with Gasteiger partial charge in [0.05, 0.1) is 24.6 Å². The molecule has 3 aromatic rings. The van der Waals surface area contributed by atoms with E-state index in [1.165, 1.54) is 30.9 Å². The molecule has 2 aromatic carbocycles. The lowest BCUT2D eigenvalue weighted by atomic mass is 9.97. The number of fused-ring (bicyclic) bond motifs is 1. The summed E-state index contributed by atoms with van der Waals surface area (Å²) in [6, 6.07) is 10.7. The highest BCUT2D eigenvalue weighted by atomic mass is 35.5. The monoisotopic (exact) mass is 567 g/mol. The minimum Gasteiger partial charge on any atom is -0.495 e. The largest absolute Gasteiger partial charge is 0.495 e. The van der Waals surface area contributed by atoms with E-state index in [2.05, 4.69) is 10.6 Å². The van der Waals surface area contributed by atoms with Crippen LogP contribution in [0.3, 0.4) is 0 Å². The third-order valence-electron chi connectivity index (χ3n) is 6.43. The third kappa shape index (κ3) is 6.66. The van der Waals surface area contributed by atoms with E-state index >= 15 is 0 Å². The highest BCUT2D eigenvalue weighted by Gasteiger charge is 2.27. The van der Waals surface area contributed by atoms with Crippen molar-refractivity contribution in [3.05, 3.63) is 69.6 Å². The van der Waals surface area contributed by atoms with E-state index in [4.69, 9.17) is 25.8 Å². The van der Waals surface area contributed by atoms with Crippen LogP contribution in [0.4, 0.5) is 11.4 Å². The average molecular weight is 568 g/mol. The summed E-state index contributed by atoms with van der Waals surface area (Å²) in [5.41, 5.74) is 1.63. The van der Waals surface area contributed by atoms with Crippen LogP contribution in [0.2, 0.25) is 5.02 Å². The first-order valence-electron chi connectivity index (χ1n) is 13.0. The maximum absolute atomic E-state index is 13.8. The Balaban J connectivity index is 1.76. The number of carbonyl (C=O) groups is 2. The number of para-hydroxylation sites is 1. The average Bonchev–Trinajstić information content (AvgIpc) is 2.90. The van der Waals surface area contributed by atoms with Gasteiger partial charge in [-0.3, -0.25) is 19.0 Å². The van der Waals surface area contributed by atoms with E-state index in [1.807, 2.05) is 26.8 Å². The number of ether oxygens (including phenoxy) is 3. The Kier molecular flexibility index (Phi) is 8.85. The number of hydrogen-bond acceptors (Lipinski definition) is 7. The summed E-state index contributed by atoms with van der Waals surface area (Å²) >= 11 is 6.24. The summed E-state index contributed by atoms with van der Waals surface area (Å²) in [5.74, 6) is 0.370. The quantitative estimate of drug-likeness (QED) is 0.325. The van der Waals surface area contributed by atoms with Crippen molar-refractivity contribution in [1.29, 1.82) is 0 Å². The lowest BCUT2D eigenvalue weighted by molar-refractivity contribution is -0.120. The zero-order valence-corrected chi connectivity index (χ0v) is 24.1. The molecule has 0 saturated carbocycles. The van der Waals surface area contributed by atoms with Crippen molar-refractivity contribution >= 4 is 34.7 Å². The van der Waals surface area contributed by atoms with Crippen molar-refractivity contribution in [2.45, 2.75) is 45.8 Å². The molecular formula is C30H34ClN3O6. The Labute approximate surface area is 238 Å². The predicted molar refractivity (Wildman–Crippen MR) is 156 cm³/mol. The van der Waals surface area contributed by atoms with E-state index in [0.717, 1.165) is 0 Å². The fourth-order valence-corrected chi connectivity index (χ4v) is 4.73. The van der Waals surface area contributed by atoms with Crippen molar-refractivity contribution in [1.82, 2.24) is 4.57 Å². The van der Waals surface area contributed by atoms with Crippen LogP contribution in [0.15, 0.2) is 53.5 Å². The normalized spacial score (nSPS) is 13.4. The molecule has 0 fully saturated rings. The van der Waals surface area contributed by atoms with Gasteiger partial charge in [-0.2, -0.15) is 0 Å². The summed E-state index contributed by atoms with van der Waals surface area (Å²) in [7, 11) is 1.46. The molecule has 2 N–H and O–H groups in total. The number of ketones is 1. The second-order valence-electron chi connectivity index (χ2n) is 10.5. The molecule has 4 rings (SSSR count). The topological polar surface area (TPSA) is 108 Å². The minimum absolute atomic E-state index is 0.182. The summed E-state index contributed by atoms with van der Waals surface area (Å²) in [4.78, 5) is 39.7. The molecule has 0 spiro atoms. The van der Waals surface area contributed by atoms with Crippen LogP contribution < -0.4 is 25.7 Å². The fraction of sp³-hybridized carbons (Fsp3) is 0.367. The predicted octanol–water partition coefficient (Wildman–Crippen LogP) is 5.57. The Morgan fingerprint density at radius 1 is 1.18 bits per heavy atom. The van der Waals surface area contributed by atoms with Crippen LogP contribution >= 0.6 is 11.6 Å². The Hall–Kier alpha value is -3.82. The number of benzene rings is 2. The molecule has 10 heteroatoms. The van der Waals surface area contributed by atoms with Crippen LogP contribution in [0.25, 0.3) is 11.1 Å². The van der Waals surface area contributed by atoms with Gasteiger partial charge >= 0.3 is 0 Å². The molecule has 0 aliphatic carbocycles. The molecule has 1 atom stereocenters. The van der Waals surface area contributed by atoms with Crippen molar-refractivity contribution in [3.8, 4) is 22.6 Å². The standard InChI is InChI=1S/C30H34ClN3O6/c1-18(35)20-10-9-19(31)15-21(20)22-16-27(36)34(17-26(22)38-5)24(11-13-40-30(2,3)4)29(37)33-23-7-6-8-25-28(23)32-12-14-39-25/h6-10,15-17,24,32H,11-14H2,1-5H3,(H,33,37). The first kappa shape index (κ1) is 29.2. The third-order valence-corrected chi connectivity index (χ3v) is 6.66. The van der Waals surface area contributed by atoms with Gasteiger partial charge in [0.1, 0.15) is 29.8 Å². The highest BCUT2D eigenvalue weighted by molar-refractivity contribution is 6.31. The van der Waals surface area contributed by atoms with Gasteiger partial charge in [0.15, 0.2) is 5.78 Å². The number of Topliss-reactive ketones (excluding diaryl/α,β-unsaturated/α-hetero) is 1. The number of nitrogens with zero attached hydrogens (tertiary/aromatic N) is 1. The zero-order valence-electron chi connectivity index (χ0n) is 23.3. The zero-order chi connectivity index (χ0) is 29.0. The number of rotatable bonds is 9. The summed E-state index contributed by atoms with van der Waals surface area (Å²) in [5, 5.41) is 6.63. The van der Waals surface area contributed by atoms with Gasteiger partial charge in [0, 0.05) is 41.8 Å². The second-order valence-corrected chi connectivity index (χ2v) is 10.9. The van der Waals surface area contributed by atoms with Gasteiger partial charge in [0.25, 0.3) is 5.56 Å². The fourth-order valence-electron chi connectivity index (χ4n) is 4.56. The van der Waals surface area contributed by atoms with E-state index < -0.39 is 23.1 Å². The van der Waals surface area contributed by atoms with Crippen LogP contribution in [0.1, 0.15) is 50.5 Å². The summed E-state index contributed by atoms with van der Waals surface area (Å²) in [6.45, 7) is 8.57. The van der Waals surface area contributed by atoms with E-state index in [-0.39, 0.29) is 18.8 Å². The molecule has 0 bridgehead atoms. The number of hydrogen-bond donors (Lipinski definition) is 2. The maximum atomic E-state index is 13.8. The lowest BCUT2D eigenvalue weighted by Crippen LogP contribution is -2.35. The number of nitrogens with one attached hydrogen (secondary N) is 2. The van der Waals surface area contributed by atoms with Crippen molar-refractivity contribution < 1.29 is 23.8 Å². The molecule has 1 aromatic heterocycles. The molecule has 0 radical (unpaired) electrons. The molecular weight excluding hydrogens is 534 g/mol. The second kappa shape index (κ2) is 12.1. The number of aromatic nitrogens is 1. The number of pyridine rings is 1. The number of methoxy groups -OCH3 is 1. The van der Waals surface area contributed by atoms with Gasteiger partial charge in [-0.25, -0.2) is 0 Å². The van der Waals surface area contributed by atoms with E-state index in [1.54, 1.807) is 30.3 Å². The SMILES string of the molecule is COc1cn(C(CCOC(C)(C)C)C(=O)Nc2cccc3c2NCCO3)c(=O)cc1-c1cc(Cl)ccc1C(C)=O. The Morgan fingerprint density at radius 3 is 2.65 bits per heavy atom. The summed E-state index contributed by atoms with van der Waals surface area (Å²) < 4.78 is 18.6. The molecule has 40 heavy (non-hydrogen) atoms. The highest BCUT2D eigenvalue weighted by Crippen LogP contribution is 2.36. The molecule has 1 amide bonds. The first-order chi connectivity index (χ1) is 19.0. The minimum atomic E-state index is -0.926. The number of halogens is 1. The first-order valence-corrected chi connectivity index (χ1v) is 13.4. The molecule has 212 valence electrons. The maximum Gasteiger partial charge on any atom is 0.252 e. The smallest absolute Gasteiger partial charge is 0.252 e. The van der Waals surface area contributed by atoms with Crippen LogP contribution in [0, 0.1) is 0 Å². The van der Waals surface area contributed by atoms with Gasteiger partial charge < -0.3 is 24.8 Å². The Morgan fingerprint density at radius 2 is 1.95 bits per heavy atom. The van der Waals surface area contributed by atoms with Crippen molar-refractivity contribution in [2.75, 3.05) is 37.5 Å². The van der Waals surface area contributed by atoms with Crippen LogP contribution in [0.5, 0.6) is 11.5 Å². The number of anilines is 2. The van der Waals surface area contributed by atoms with E-state index in [0.29, 0.717) is 57.7 Å². The van der Waals surface area contributed by atoms with Crippen LogP contribution in [-0.2, 0) is 9.53 Å². The van der Waals surface area contributed by atoms with Crippen molar-refractivity contribution in [3.63, 3.8) is 0 Å². The molecule has 9 nitrogen and oxygen atoms in total. The van der Waals surface area contributed by atoms with Gasteiger partial charge in [0.2, 0.25) is 5.91 Å². The molecule has 1 unspecified atom stereocenters. The molecule has 1 aliphatic rings. The Bertz CT molecular complexity index is 1480. The summed E-state index contributed by atoms with van der Waals surface area (Å²) in [6.07, 6.45) is 1.71. The number of carbonyl (C=O) groups excluding carboxylic acids is 2. The molecule has 1 aliphatic heterocycles. The lowest BCUT2D eigenvalue weighted by Gasteiger charge is -2.26. The van der Waals surface area contributed by atoms with Gasteiger partial charge in [-0.1, -0.05) is 17.7 Å². The van der Waals surface area contributed by atoms with Crippen LogP contribution in [-0.4, -0.2) is 48.7 Å². The van der Waals surface area contributed by atoms with Gasteiger partial charge in [-0.15, -0.1) is 0 Å². The number of amides is 1. The molecule has 0 saturated heterocycles. The van der Waals surface area contributed by atoms with E-state index in [9.17, 15) is 14.4 Å². The van der Waals surface area contributed by atoms with Crippen molar-refractivity contribution in [2.24, 2.45) is 0 Å². The van der Waals surface area contributed by atoms with Gasteiger partial charge in [-0.05, 0) is 63.6 Å².